The lowest BCUT2D eigenvalue weighted by atomic mass is 10.1. The predicted octanol–water partition coefficient (Wildman–Crippen LogP) is 2.51. The Morgan fingerprint density at radius 3 is 2.29 bits per heavy atom. The van der Waals surface area contributed by atoms with Gasteiger partial charge in [0.1, 0.15) is 0 Å². The molecule has 114 valence electrons. The number of hydrazine groups is 1. The number of nitrogens with zero attached hydrogens (tertiary/aromatic N) is 1. The first-order valence-corrected chi connectivity index (χ1v) is 6.43. The molecule has 0 aliphatic carbocycles. The van der Waals surface area contributed by atoms with E-state index >= 15 is 0 Å². The van der Waals surface area contributed by atoms with E-state index in [0.29, 0.717) is 4.47 Å². The van der Waals surface area contributed by atoms with Crippen LogP contribution >= 0.6 is 15.9 Å². The summed E-state index contributed by atoms with van der Waals surface area (Å²) in [5, 5.41) is 9.91. The molecule has 1 aromatic rings. The topological polar surface area (TPSA) is 52.6 Å². The van der Waals surface area contributed by atoms with Crippen LogP contribution in [-0.2, 0) is 0 Å². The third-order valence-electron chi connectivity index (χ3n) is 2.82. The van der Waals surface area contributed by atoms with Gasteiger partial charge in [-0.15, -0.1) is 0 Å². The maximum Gasteiger partial charge on any atom is 0.291 e. The van der Waals surface area contributed by atoms with E-state index in [2.05, 4.69) is 15.9 Å². The van der Waals surface area contributed by atoms with E-state index in [4.69, 9.17) is 0 Å². The third-order valence-corrected chi connectivity index (χ3v) is 3.35. The highest BCUT2D eigenvalue weighted by Gasteiger charge is 2.51. The zero-order valence-electron chi connectivity index (χ0n) is 10.2. The van der Waals surface area contributed by atoms with Gasteiger partial charge in [-0.2, -0.15) is 0 Å². The molecule has 0 saturated heterocycles. The van der Waals surface area contributed by atoms with Gasteiger partial charge in [0.25, 0.3) is 18.8 Å². The van der Waals surface area contributed by atoms with Crippen LogP contribution in [0.2, 0.25) is 0 Å². The molecule has 1 aliphatic heterocycles. The molecular weight excluding hydrogens is 360 g/mol. The van der Waals surface area contributed by atoms with Crippen LogP contribution in [0.5, 0.6) is 0 Å². The predicted molar refractivity (Wildman–Crippen MR) is 68.5 cm³/mol. The quantitative estimate of drug-likeness (QED) is 0.806. The Balaban J connectivity index is 2.34. The van der Waals surface area contributed by atoms with Crippen LogP contribution in [0, 0.1) is 0 Å². The van der Waals surface area contributed by atoms with Gasteiger partial charge in [-0.05, 0) is 24.3 Å². The molecule has 0 fully saturated rings. The third kappa shape index (κ3) is 2.88. The Hall–Kier alpha value is -1.61. The minimum absolute atomic E-state index is 0.0475. The number of carbonyl (C=O) groups is 1. The Kier molecular flexibility index (Phi) is 4.24. The molecule has 2 rings (SSSR count). The summed E-state index contributed by atoms with van der Waals surface area (Å²) in [7, 11) is 0. The molecule has 0 saturated carbocycles. The zero-order valence-corrected chi connectivity index (χ0v) is 11.8. The number of amides is 1. The summed E-state index contributed by atoms with van der Waals surface area (Å²) in [4.78, 5) is 12.1. The molecule has 2 N–H and O–H groups in total. The van der Waals surface area contributed by atoms with E-state index in [0.717, 1.165) is 0 Å². The van der Waals surface area contributed by atoms with E-state index in [1.54, 1.807) is 0 Å². The summed E-state index contributed by atoms with van der Waals surface area (Å²) >= 11 is 3.13. The molecular formula is C12H9BrF4N2O2. The van der Waals surface area contributed by atoms with E-state index < -0.39 is 30.2 Å². The minimum atomic E-state index is -3.46. The average Bonchev–Trinajstić information content (AvgIpc) is 2.78. The largest absolute Gasteiger partial charge is 0.361 e. The Morgan fingerprint density at radius 1 is 1.24 bits per heavy atom. The number of halogens is 5. The molecule has 1 atom stereocenters. The number of allylic oxidation sites excluding steroid dienone is 1. The van der Waals surface area contributed by atoms with Crippen LogP contribution in [-0.4, -0.2) is 34.6 Å². The molecule has 4 nitrogen and oxygen atoms in total. The molecule has 1 aliphatic rings. The van der Waals surface area contributed by atoms with Crippen molar-refractivity contribution in [1.82, 2.24) is 10.4 Å². The van der Waals surface area contributed by atoms with E-state index in [9.17, 15) is 27.5 Å². The van der Waals surface area contributed by atoms with Crippen molar-refractivity contribution in [2.45, 2.75) is 18.6 Å². The maximum atomic E-state index is 13.0. The van der Waals surface area contributed by atoms with Gasteiger partial charge in [-0.3, -0.25) is 10.2 Å². The number of aliphatic hydroxyl groups is 1. The van der Waals surface area contributed by atoms with Crippen molar-refractivity contribution in [2.75, 3.05) is 0 Å². The summed E-state index contributed by atoms with van der Waals surface area (Å²) in [6.45, 7) is 0. The Morgan fingerprint density at radius 2 is 1.81 bits per heavy atom. The van der Waals surface area contributed by atoms with Crippen molar-refractivity contribution in [2.24, 2.45) is 0 Å². The summed E-state index contributed by atoms with van der Waals surface area (Å²) in [6.07, 6.45) is -6.34. The SMILES string of the molecule is O=C(c1ccc(Br)cc1)N1NC(C(F)F)=CC1(O)C(F)F. The van der Waals surface area contributed by atoms with Crippen molar-refractivity contribution in [3.8, 4) is 0 Å². The number of benzene rings is 1. The van der Waals surface area contributed by atoms with Crippen molar-refractivity contribution in [1.29, 1.82) is 0 Å². The number of alkyl halides is 4. The van der Waals surface area contributed by atoms with Gasteiger partial charge in [-0.1, -0.05) is 15.9 Å². The lowest BCUT2D eigenvalue weighted by Crippen LogP contribution is -2.56. The van der Waals surface area contributed by atoms with Crippen LogP contribution in [0.15, 0.2) is 40.5 Å². The number of hydrogen-bond donors (Lipinski definition) is 2. The average molecular weight is 369 g/mol. The fourth-order valence-electron chi connectivity index (χ4n) is 1.75. The molecule has 1 unspecified atom stereocenters. The van der Waals surface area contributed by atoms with Crippen molar-refractivity contribution in [3.05, 3.63) is 46.1 Å². The first-order chi connectivity index (χ1) is 9.75. The van der Waals surface area contributed by atoms with E-state index in [1.807, 2.05) is 5.43 Å². The summed E-state index contributed by atoms with van der Waals surface area (Å²) in [6, 6.07) is 5.57. The fraction of sp³-hybridized carbons (Fsp3) is 0.250. The summed E-state index contributed by atoms with van der Waals surface area (Å²) in [5.41, 5.74) is -2.30. The van der Waals surface area contributed by atoms with Gasteiger partial charge < -0.3 is 5.11 Å². The minimum Gasteiger partial charge on any atom is -0.361 e. The van der Waals surface area contributed by atoms with Gasteiger partial charge in [0.15, 0.2) is 0 Å². The smallest absolute Gasteiger partial charge is 0.291 e. The van der Waals surface area contributed by atoms with Crippen LogP contribution in [0.3, 0.4) is 0 Å². The molecule has 0 radical (unpaired) electrons. The zero-order chi connectivity index (χ0) is 15.8. The number of rotatable bonds is 3. The molecule has 1 aromatic carbocycles. The van der Waals surface area contributed by atoms with Crippen LogP contribution < -0.4 is 5.43 Å². The molecule has 9 heteroatoms. The van der Waals surface area contributed by atoms with E-state index in [1.165, 1.54) is 24.3 Å². The van der Waals surface area contributed by atoms with Crippen LogP contribution in [0.1, 0.15) is 10.4 Å². The molecule has 0 aromatic heterocycles. The lowest BCUT2D eigenvalue weighted by Gasteiger charge is -2.31. The first-order valence-electron chi connectivity index (χ1n) is 5.64. The van der Waals surface area contributed by atoms with Gasteiger partial charge in [0.05, 0.1) is 5.70 Å². The van der Waals surface area contributed by atoms with Crippen molar-refractivity contribution in [3.63, 3.8) is 0 Å². The van der Waals surface area contributed by atoms with Gasteiger partial charge in [-0.25, -0.2) is 22.6 Å². The Bertz CT molecular complexity index is 579. The Labute approximate surface area is 125 Å². The second-order valence-electron chi connectivity index (χ2n) is 4.24. The van der Waals surface area contributed by atoms with Crippen molar-refractivity contribution >= 4 is 21.8 Å². The highest BCUT2D eigenvalue weighted by molar-refractivity contribution is 9.10. The molecule has 0 spiro atoms. The first kappa shape index (κ1) is 15.8. The highest BCUT2D eigenvalue weighted by atomic mass is 79.9. The second-order valence-corrected chi connectivity index (χ2v) is 5.16. The van der Waals surface area contributed by atoms with Crippen LogP contribution in [0.4, 0.5) is 17.6 Å². The molecule has 21 heavy (non-hydrogen) atoms. The molecule has 1 amide bonds. The van der Waals surface area contributed by atoms with E-state index in [-0.39, 0.29) is 16.6 Å². The van der Waals surface area contributed by atoms with Crippen molar-refractivity contribution < 1.29 is 27.5 Å². The normalized spacial score (nSPS) is 21.7. The summed E-state index contributed by atoms with van der Waals surface area (Å²) < 4.78 is 51.8. The highest BCUT2D eigenvalue weighted by Crippen LogP contribution is 2.31. The number of carbonyl (C=O) groups excluding carboxylic acids is 1. The number of hydrogen-bond acceptors (Lipinski definition) is 3. The van der Waals surface area contributed by atoms with Gasteiger partial charge >= 0.3 is 0 Å². The molecule has 0 bridgehead atoms. The van der Waals surface area contributed by atoms with Gasteiger partial charge in [0.2, 0.25) is 5.72 Å². The summed E-state index contributed by atoms with van der Waals surface area (Å²) in [5.74, 6) is -1.06. The second kappa shape index (κ2) is 5.64. The lowest BCUT2D eigenvalue weighted by molar-refractivity contribution is -0.146. The monoisotopic (exact) mass is 368 g/mol. The number of nitrogens with one attached hydrogen (secondary N) is 1. The molecule has 1 heterocycles. The van der Waals surface area contributed by atoms with Crippen LogP contribution in [0.25, 0.3) is 0 Å². The fourth-order valence-corrected chi connectivity index (χ4v) is 2.02. The maximum absolute atomic E-state index is 13.0. The van der Waals surface area contributed by atoms with Gasteiger partial charge in [0, 0.05) is 16.1 Å². The standard InChI is InChI=1S/C12H9BrF4N2O2/c13-7-3-1-6(2-4-7)10(20)19-12(21,11(16)17)5-8(18-19)9(14)15/h1-5,9,11,18,21H.